The highest BCUT2D eigenvalue weighted by molar-refractivity contribution is 4.98. The Morgan fingerprint density at radius 2 is 2.40 bits per heavy atom. The molecular formula is C11H20N4. The molecule has 1 aromatic heterocycles. The summed E-state index contributed by atoms with van der Waals surface area (Å²) in [5.74, 6) is 0. The molecule has 1 aliphatic carbocycles. The zero-order valence-corrected chi connectivity index (χ0v) is 9.61. The first-order valence-electron chi connectivity index (χ1n) is 5.64. The molecule has 4 heteroatoms. The molecule has 1 aromatic rings. The number of hydrogen-bond donors (Lipinski definition) is 1. The molecule has 2 rings (SSSR count). The van der Waals surface area contributed by atoms with E-state index >= 15 is 0 Å². The van der Waals surface area contributed by atoms with Gasteiger partial charge in [-0.05, 0) is 26.0 Å². The van der Waals surface area contributed by atoms with Crippen molar-refractivity contribution in [3.05, 3.63) is 18.0 Å². The Bertz CT molecular complexity index is 303. The second-order valence-corrected chi connectivity index (χ2v) is 4.45. The van der Waals surface area contributed by atoms with Crippen molar-refractivity contribution >= 4 is 0 Å². The highest BCUT2D eigenvalue weighted by Crippen LogP contribution is 2.17. The molecule has 0 atom stereocenters. The van der Waals surface area contributed by atoms with Crippen LogP contribution >= 0.6 is 0 Å². The van der Waals surface area contributed by atoms with E-state index in [1.54, 1.807) is 0 Å². The Morgan fingerprint density at radius 1 is 1.60 bits per heavy atom. The van der Waals surface area contributed by atoms with Gasteiger partial charge in [0.15, 0.2) is 0 Å². The van der Waals surface area contributed by atoms with Crippen molar-refractivity contribution in [1.82, 2.24) is 20.0 Å². The number of rotatable bonds is 6. The fourth-order valence-electron chi connectivity index (χ4n) is 1.65. The van der Waals surface area contributed by atoms with Gasteiger partial charge in [-0.3, -0.25) is 9.58 Å². The maximum atomic E-state index is 4.36. The smallest absolute Gasteiger partial charge is 0.0764 e. The van der Waals surface area contributed by atoms with Crippen LogP contribution in [-0.4, -0.2) is 40.9 Å². The van der Waals surface area contributed by atoms with Crippen LogP contribution in [0.25, 0.3) is 0 Å². The van der Waals surface area contributed by atoms with Crippen LogP contribution in [-0.2, 0) is 13.6 Å². The SMILES string of the molecule is CN(CCNC1CC1)Cc1ccn(C)n1. The Balaban J connectivity index is 1.64. The molecule has 0 unspecified atom stereocenters. The molecule has 0 saturated heterocycles. The zero-order valence-electron chi connectivity index (χ0n) is 9.61. The number of likely N-dealkylation sites (N-methyl/N-ethyl adjacent to an activating group) is 1. The molecule has 1 fully saturated rings. The fraction of sp³-hybridized carbons (Fsp3) is 0.727. The van der Waals surface area contributed by atoms with Gasteiger partial charge in [0, 0.05) is 38.9 Å². The third-order valence-corrected chi connectivity index (χ3v) is 2.70. The summed E-state index contributed by atoms with van der Waals surface area (Å²) in [4.78, 5) is 2.30. The van der Waals surface area contributed by atoms with Crippen LogP contribution in [0.1, 0.15) is 18.5 Å². The quantitative estimate of drug-likeness (QED) is 0.743. The predicted molar refractivity (Wildman–Crippen MR) is 60.6 cm³/mol. The molecule has 1 heterocycles. The molecule has 1 N–H and O–H groups in total. The first kappa shape index (κ1) is 10.6. The van der Waals surface area contributed by atoms with Gasteiger partial charge in [-0.15, -0.1) is 0 Å². The van der Waals surface area contributed by atoms with E-state index in [9.17, 15) is 0 Å². The lowest BCUT2D eigenvalue weighted by atomic mass is 10.4. The van der Waals surface area contributed by atoms with Gasteiger partial charge >= 0.3 is 0 Å². The summed E-state index contributed by atoms with van der Waals surface area (Å²) in [6.45, 7) is 3.12. The molecule has 84 valence electrons. The lowest BCUT2D eigenvalue weighted by molar-refractivity contribution is 0.319. The van der Waals surface area contributed by atoms with Crippen LogP contribution in [0.15, 0.2) is 12.3 Å². The first-order valence-corrected chi connectivity index (χ1v) is 5.64. The van der Waals surface area contributed by atoms with Crippen molar-refractivity contribution in [3.63, 3.8) is 0 Å². The normalized spacial score (nSPS) is 16.2. The maximum Gasteiger partial charge on any atom is 0.0764 e. The van der Waals surface area contributed by atoms with Crippen LogP contribution in [0.4, 0.5) is 0 Å². The molecule has 0 bridgehead atoms. The molecule has 0 amide bonds. The van der Waals surface area contributed by atoms with Gasteiger partial charge < -0.3 is 5.32 Å². The molecule has 15 heavy (non-hydrogen) atoms. The minimum Gasteiger partial charge on any atom is -0.313 e. The molecule has 0 radical (unpaired) electrons. The van der Waals surface area contributed by atoms with Crippen LogP contribution in [0, 0.1) is 0 Å². The summed E-state index contributed by atoms with van der Waals surface area (Å²) in [6.07, 6.45) is 4.72. The first-order chi connectivity index (χ1) is 7.24. The van der Waals surface area contributed by atoms with Gasteiger partial charge in [-0.25, -0.2) is 0 Å². The maximum absolute atomic E-state index is 4.36. The second-order valence-electron chi connectivity index (χ2n) is 4.45. The van der Waals surface area contributed by atoms with Gasteiger partial charge in [0.05, 0.1) is 5.69 Å². The third-order valence-electron chi connectivity index (χ3n) is 2.70. The molecule has 1 aliphatic rings. The Hall–Kier alpha value is -0.870. The second kappa shape index (κ2) is 4.77. The van der Waals surface area contributed by atoms with Crippen molar-refractivity contribution in [2.75, 3.05) is 20.1 Å². The average Bonchev–Trinajstić information content (AvgIpc) is 2.91. The van der Waals surface area contributed by atoms with Gasteiger partial charge in [0.2, 0.25) is 0 Å². The van der Waals surface area contributed by atoms with E-state index < -0.39 is 0 Å². The average molecular weight is 208 g/mol. The highest BCUT2D eigenvalue weighted by Gasteiger charge is 2.19. The molecule has 0 aliphatic heterocycles. The van der Waals surface area contributed by atoms with Crippen LogP contribution in [0.3, 0.4) is 0 Å². The summed E-state index contributed by atoms with van der Waals surface area (Å²) in [6, 6.07) is 2.89. The number of nitrogens with zero attached hydrogens (tertiary/aromatic N) is 3. The lowest BCUT2D eigenvalue weighted by Crippen LogP contribution is -2.30. The van der Waals surface area contributed by atoms with Gasteiger partial charge in [-0.2, -0.15) is 5.10 Å². The topological polar surface area (TPSA) is 33.1 Å². The van der Waals surface area contributed by atoms with E-state index in [0.717, 1.165) is 31.4 Å². The summed E-state index contributed by atoms with van der Waals surface area (Å²) in [7, 11) is 4.10. The summed E-state index contributed by atoms with van der Waals surface area (Å²) in [5, 5.41) is 7.87. The molecule has 0 aromatic carbocycles. The number of nitrogens with one attached hydrogen (secondary N) is 1. The van der Waals surface area contributed by atoms with Gasteiger partial charge in [0.25, 0.3) is 0 Å². The summed E-state index contributed by atoms with van der Waals surface area (Å²) < 4.78 is 1.85. The summed E-state index contributed by atoms with van der Waals surface area (Å²) in [5.41, 5.74) is 1.14. The fourth-order valence-corrected chi connectivity index (χ4v) is 1.65. The number of aryl methyl sites for hydroxylation is 1. The van der Waals surface area contributed by atoms with E-state index in [1.165, 1.54) is 12.8 Å². The molecule has 4 nitrogen and oxygen atoms in total. The Morgan fingerprint density at radius 3 is 3.00 bits per heavy atom. The monoisotopic (exact) mass is 208 g/mol. The van der Waals surface area contributed by atoms with Gasteiger partial charge in [0.1, 0.15) is 0 Å². The van der Waals surface area contributed by atoms with Crippen molar-refractivity contribution < 1.29 is 0 Å². The predicted octanol–water partition coefficient (Wildman–Crippen LogP) is 0.604. The van der Waals surface area contributed by atoms with Crippen LogP contribution in [0.2, 0.25) is 0 Å². The van der Waals surface area contributed by atoms with Crippen LogP contribution < -0.4 is 5.32 Å². The van der Waals surface area contributed by atoms with Crippen molar-refractivity contribution in [3.8, 4) is 0 Å². The van der Waals surface area contributed by atoms with Crippen molar-refractivity contribution in [2.24, 2.45) is 7.05 Å². The largest absolute Gasteiger partial charge is 0.313 e. The minimum atomic E-state index is 0.813. The van der Waals surface area contributed by atoms with E-state index in [-0.39, 0.29) is 0 Å². The van der Waals surface area contributed by atoms with E-state index in [2.05, 4.69) is 28.4 Å². The highest BCUT2D eigenvalue weighted by atomic mass is 15.3. The Kier molecular flexibility index (Phi) is 3.38. The van der Waals surface area contributed by atoms with Crippen LogP contribution in [0.5, 0.6) is 0 Å². The van der Waals surface area contributed by atoms with E-state index in [4.69, 9.17) is 0 Å². The lowest BCUT2D eigenvalue weighted by Gasteiger charge is -2.15. The zero-order chi connectivity index (χ0) is 10.7. The standard InChI is InChI=1S/C11H20N4/c1-14(8-6-12-10-3-4-10)9-11-5-7-15(2)13-11/h5,7,10,12H,3-4,6,8-9H2,1-2H3. The number of aromatic nitrogens is 2. The summed E-state index contributed by atoms with van der Waals surface area (Å²) >= 11 is 0. The molecule has 0 spiro atoms. The van der Waals surface area contributed by atoms with E-state index in [1.807, 2.05) is 17.9 Å². The number of hydrogen-bond acceptors (Lipinski definition) is 3. The van der Waals surface area contributed by atoms with Crippen molar-refractivity contribution in [2.45, 2.75) is 25.4 Å². The van der Waals surface area contributed by atoms with E-state index in [0.29, 0.717) is 0 Å². The van der Waals surface area contributed by atoms with Gasteiger partial charge in [-0.1, -0.05) is 0 Å². The third kappa shape index (κ3) is 3.64. The molecule has 1 saturated carbocycles. The van der Waals surface area contributed by atoms with Crippen molar-refractivity contribution in [1.29, 1.82) is 0 Å². The Labute approximate surface area is 91.3 Å². The minimum absolute atomic E-state index is 0.813. The molecular weight excluding hydrogens is 188 g/mol.